The molecule has 1 saturated heterocycles. The van der Waals surface area contributed by atoms with Crippen LogP contribution in [-0.2, 0) is 20.9 Å². The molecule has 0 aliphatic carbocycles. The molecule has 1 aliphatic rings. The number of likely N-dealkylation sites (tertiary alicyclic amines) is 1. The first-order valence-electron chi connectivity index (χ1n) is 12.0. The van der Waals surface area contributed by atoms with Gasteiger partial charge in [0.15, 0.2) is 0 Å². The molecule has 0 bridgehead atoms. The number of esters is 1. The van der Waals surface area contributed by atoms with Crippen LogP contribution in [0.1, 0.15) is 60.5 Å². The van der Waals surface area contributed by atoms with E-state index in [1.54, 1.807) is 19.2 Å². The monoisotopic (exact) mass is 475 g/mol. The number of amides is 3. The first kappa shape index (κ1) is 27.5. The largest absolute Gasteiger partial charge is 0.497 e. The van der Waals surface area contributed by atoms with Gasteiger partial charge < -0.3 is 25.0 Å². The molecule has 8 nitrogen and oxygen atoms in total. The smallest absolute Gasteiger partial charge is 0.329 e. The summed E-state index contributed by atoms with van der Waals surface area (Å²) in [6.07, 6.45) is 0.950. The zero-order valence-electron chi connectivity index (χ0n) is 21.8. The first-order chi connectivity index (χ1) is 15.8. The van der Waals surface area contributed by atoms with E-state index in [1.165, 1.54) is 0 Å². The van der Waals surface area contributed by atoms with Gasteiger partial charge in [0.1, 0.15) is 24.4 Å². The molecule has 2 rings (SSSR count). The molecule has 2 N–H and O–H groups in total. The van der Waals surface area contributed by atoms with Crippen molar-refractivity contribution in [2.75, 3.05) is 13.7 Å². The van der Waals surface area contributed by atoms with Crippen LogP contribution in [0.3, 0.4) is 0 Å². The van der Waals surface area contributed by atoms with Crippen molar-refractivity contribution < 1.29 is 23.9 Å². The second-order valence-electron chi connectivity index (χ2n) is 10.6. The molecule has 3 amide bonds. The summed E-state index contributed by atoms with van der Waals surface area (Å²) in [7, 11) is 1.59. The normalized spacial score (nSPS) is 20.0. The molecule has 190 valence electrons. The Hall–Kier alpha value is -2.77. The fraction of sp³-hybridized carbons (Fsp3) is 0.654. The minimum Gasteiger partial charge on any atom is -0.497 e. The third-order valence-corrected chi connectivity index (χ3v) is 6.56. The van der Waals surface area contributed by atoms with Crippen molar-refractivity contribution in [1.82, 2.24) is 15.5 Å². The quantitative estimate of drug-likeness (QED) is 0.559. The summed E-state index contributed by atoms with van der Waals surface area (Å²) in [6, 6.07) is 5.21. The lowest BCUT2D eigenvalue weighted by molar-refractivity contribution is -0.148. The van der Waals surface area contributed by atoms with Gasteiger partial charge in [-0.3, -0.25) is 4.79 Å². The number of hydrogen-bond donors (Lipinski definition) is 2. The van der Waals surface area contributed by atoms with Gasteiger partial charge in [0.05, 0.1) is 7.11 Å². The van der Waals surface area contributed by atoms with Crippen LogP contribution in [0.25, 0.3) is 0 Å². The molecule has 0 aromatic heterocycles. The third kappa shape index (κ3) is 7.11. The van der Waals surface area contributed by atoms with Gasteiger partial charge in [-0.2, -0.15) is 0 Å². The summed E-state index contributed by atoms with van der Waals surface area (Å²) in [5.74, 6) is 0.319. The average Bonchev–Trinajstić information content (AvgIpc) is 3.11. The molecule has 4 unspecified atom stereocenters. The Morgan fingerprint density at radius 2 is 1.71 bits per heavy atom. The van der Waals surface area contributed by atoms with E-state index in [2.05, 4.69) is 17.6 Å². The molecule has 0 radical (unpaired) electrons. The van der Waals surface area contributed by atoms with Crippen LogP contribution in [0.15, 0.2) is 24.3 Å². The molecule has 1 heterocycles. The number of carbonyl (C=O) groups is 3. The number of hydrogen-bond acceptors (Lipinski definition) is 5. The molecule has 1 fully saturated rings. The van der Waals surface area contributed by atoms with Crippen LogP contribution in [0, 0.1) is 17.3 Å². The van der Waals surface area contributed by atoms with Gasteiger partial charge in [-0.05, 0) is 48.3 Å². The highest BCUT2D eigenvalue weighted by Gasteiger charge is 2.40. The number of ether oxygens (including phenoxy) is 2. The maximum absolute atomic E-state index is 13.3. The van der Waals surface area contributed by atoms with Crippen molar-refractivity contribution >= 4 is 17.9 Å². The molecule has 1 aliphatic heterocycles. The molecular formula is C26H41N3O5. The first-order valence-corrected chi connectivity index (χ1v) is 12.0. The van der Waals surface area contributed by atoms with Crippen molar-refractivity contribution in [2.24, 2.45) is 17.3 Å². The number of nitrogens with one attached hydrogen (secondary N) is 2. The summed E-state index contributed by atoms with van der Waals surface area (Å²) in [6.45, 7) is 14.4. The topological polar surface area (TPSA) is 97.0 Å². The van der Waals surface area contributed by atoms with E-state index in [-0.39, 0.29) is 24.5 Å². The number of methoxy groups -OCH3 is 1. The SMILES string of the molecule is COc1ccc(COC(=O)C(NC(=O)NC(C(=O)N2CCC(C)C2C)C(C)(C)C)C(C)C)cc1. The minimum absolute atomic E-state index is 0.0868. The van der Waals surface area contributed by atoms with E-state index < -0.39 is 29.5 Å². The molecule has 0 spiro atoms. The highest BCUT2D eigenvalue weighted by Crippen LogP contribution is 2.28. The van der Waals surface area contributed by atoms with Crippen LogP contribution >= 0.6 is 0 Å². The Kier molecular flexibility index (Phi) is 9.36. The number of rotatable bonds is 8. The average molecular weight is 476 g/mol. The lowest BCUT2D eigenvalue weighted by Gasteiger charge is -2.36. The van der Waals surface area contributed by atoms with Gasteiger partial charge >= 0.3 is 12.0 Å². The van der Waals surface area contributed by atoms with Crippen molar-refractivity contribution in [2.45, 2.75) is 79.6 Å². The van der Waals surface area contributed by atoms with Crippen molar-refractivity contribution in [3.8, 4) is 5.75 Å². The number of benzene rings is 1. The Labute approximate surface area is 203 Å². The van der Waals surface area contributed by atoms with Gasteiger partial charge in [-0.15, -0.1) is 0 Å². The van der Waals surface area contributed by atoms with Crippen LogP contribution in [-0.4, -0.2) is 54.6 Å². The van der Waals surface area contributed by atoms with E-state index >= 15 is 0 Å². The summed E-state index contributed by atoms with van der Waals surface area (Å²) in [4.78, 5) is 40.8. The summed E-state index contributed by atoms with van der Waals surface area (Å²) >= 11 is 0. The molecule has 4 atom stereocenters. The van der Waals surface area contributed by atoms with Crippen molar-refractivity contribution in [3.05, 3.63) is 29.8 Å². The summed E-state index contributed by atoms with van der Waals surface area (Å²) in [5, 5.41) is 5.56. The van der Waals surface area contributed by atoms with E-state index in [4.69, 9.17) is 9.47 Å². The molecular weight excluding hydrogens is 434 g/mol. The standard InChI is InChI=1S/C26H41N3O5/c1-16(2)21(24(31)34-15-19-9-11-20(33-8)12-10-19)27-25(32)28-22(26(5,6)7)23(30)29-14-13-17(3)18(29)4/h9-12,16-18,21-22H,13-15H2,1-8H3,(H2,27,28,32). The zero-order chi connectivity index (χ0) is 25.6. The van der Waals surface area contributed by atoms with Crippen molar-refractivity contribution in [1.29, 1.82) is 0 Å². The van der Waals surface area contributed by atoms with Crippen LogP contribution < -0.4 is 15.4 Å². The minimum atomic E-state index is -0.847. The summed E-state index contributed by atoms with van der Waals surface area (Å²) in [5.41, 5.74) is 0.316. The highest BCUT2D eigenvalue weighted by molar-refractivity contribution is 5.90. The maximum Gasteiger partial charge on any atom is 0.329 e. The zero-order valence-corrected chi connectivity index (χ0v) is 21.8. The second-order valence-corrected chi connectivity index (χ2v) is 10.6. The number of nitrogens with zero attached hydrogens (tertiary/aromatic N) is 1. The molecule has 0 saturated carbocycles. The van der Waals surface area contributed by atoms with Crippen LogP contribution in [0.5, 0.6) is 5.75 Å². The Morgan fingerprint density at radius 3 is 2.18 bits per heavy atom. The third-order valence-electron chi connectivity index (χ3n) is 6.56. The lowest BCUT2D eigenvalue weighted by Crippen LogP contribution is -2.59. The van der Waals surface area contributed by atoms with Gasteiger partial charge in [0.25, 0.3) is 0 Å². The van der Waals surface area contributed by atoms with E-state index in [0.717, 1.165) is 12.0 Å². The van der Waals surface area contributed by atoms with Crippen LogP contribution in [0.4, 0.5) is 4.79 Å². The summed E-state index contributed by atoms with van der Waals surface area (Å²) < 4.78 is 10.6. The fourth-order valence-corrected chi connectivity index (χ4v) is 4.00. The predicted molar refractivity (Wildman–Crippen MR) is 131 cm³/mol. The number of carbonyl (C=O) groups excluding carboxylic acids is 3. The van der Waals surface area contributed by atoms with Gasteiger partial charge in [0.2, 0.25) is 5.91 Å². The van der Waals surface area contributed by atoms with Crippen molar-refractivity contribution in [3.63, 3.8) is 0 Å². The Bertz CT molecular complexity index is 847. The van der Waals surface area contributed by atoms with Crippen LogP contribution in [0.2, 0.25) is 0 Å². The highest BCUT2D eigenvalue weighted by atomic mass is 16.5. The van der Waals surface area contributed by atoms with Gasteiger partial charge in [0, 0.05) is 12.6 Å². The fourth-order valence-electron chi connectivity index (χ4n) is 4.00. The van der Waals surface area contributed by atoms with Gasteiger partial charge in [-0.25, -0.2) is 9.59 Å². The molecule has 8 heteroatoms. The second kappa shape index (κ2) is 11.6. The van der Waals surface area contributed by atoms with E-state index in [1.807, 2.05) is 58.6 Å². The maximum atomic E-state index is 13.3. The molecule has 34 heavy (non-hydrogen) atoms. The number of urea groups is 1. The molecule has 1 aromatic rings. The van der Waals surface area contributed by atoms with E-state index in [0.29, 0.717) is 18.2 Å². The predicted octanol–water partition coefficient (Wildman–Crippen LogP) is 3.73. The lowest BCUT2D eigenvalue weighted by atomic mass is 9.85. The van der Waals surface area contributed by atoms with E-state index in [9.17, 15) is 14.4 Å². The molecule has 1 aromatic carbocycles. The Balaban J connectivity index is 2.03. The van der Waals surface area contributed by atoms with Gasteiger partial charge in [-0.1, -0.05) is 53.7 Å². The Morgan fingerprint density at radius 1 is 1.09 bits per heavy atom.